The van der Waals surface area contributed by atoms with Crippen molar-refractivity contribution in [1.82, 2.24) is 14.8 Å². The molecule has 0 atom stereocenters. The van der Waals surface area contributed by atoms with Gasteiger partial charge in [-0.2, -0.15) is 5.10 Å². The van der Waals surface area contributed by atoms with Gasteiger partial charge in [-0.15, -0.1) is 0 Å². The minimum Gasteiger partial charge on any atom is -0.311 e. The molecule has 102 valence electrons. The van der Waals surface area contributed by atoms with Gasteiger partial charge in [-0.1, -0.05) is 18.2 Å². The van der Waals surface area contributed by atoms with Crippen LogP contribution in [0.3, 0.4) is 0 Å². The molecule has 3 rings (SSSR count). The van der Waals surface area contributed by atoms with Gasteiger partial charge in [-0.05, 0) is 18.2 Å². The van der Waals surface area contributed by atoms with E-state index >= 15 is 0 Å². The van der Waals surface area contributed by atoms with Crippen LogP contribution in [0.1, 0.15) is 17.4 Å². The summed E-state index contributed by atoms with van der Waals surface area (Å²) in [6, 6.07) is 10.2. The molecular formula is C14H14FN5. The number of fused-ring (bicyclic) bond motifs is 1. The van der Waals surface area contributed by atoms with Gasteiger partial charge < -0.3 is 11.5 Å². The molecule has 0 aliphatic carbocycles. The van der Waals surface area contributed by atoms with E-state index in [0.29, 0.717) is 16.9 Å². The Bertz CT molecular complexity index is 750. The van der Waals surface area contributed by atoms with Crippen LogP contribution in [0, 0.1) is 5.82 Å². The molecule has 1 aromatic carbocycles. The number of halogens is 1. The monoisotopic (exact) mass is 271 g/mol. The van der Waals surface area contributed by atoms with Crippen LogP contribution in [0.15, 0.2) is 42.6 Å². The maximum Gasteiger partial charge on any atom is 0.158 e. The lowest BCUT2D eigenvalue weighted by Crippen LogP contribution is -2.21. The van der Waals surface area contributed by atoms with E-state index in [2.05, 4.69) is 10.1 Å². The predicted molar refractivity (Wildman–Crippen MR) is 74.1 cm³/mol. The molecule has 0 aliphatic rings. The number of nitrogens with two attached hydrogens (primary N) is 2. The van der Waals surface area contributed by atoms with E-state index in [1.54, 1.807) is 35.1 Å². The summed E-state index contributed by atoms with van der Waals surface area (Å²) in [5.41, 5.74) is 13.2. The zero-order valence-electron chi connectivity index (χ0n) is 10.7. The smallest absolute Gasteiger partial charge is 0.158 e. The van der Waals surface area contributed by atoms with Crippen LogP contribution in [0.4, 0.5) is 4.39 Å². The molecule has 0 amide bonds. The Morgan fingerprint density at radius 2 is 1.95 bits per heavy atom. The van der Waals surface area contributed by atoms with E-state index in [0.717, 1.165) is 5.39 Å². The van der Waals surface area contributed by atoms with Gasteiger partial charge in [-0.3, -0.25) is 0 Å². The standard InChI is InChI=1S/C14H14FN5/c15-11-6-2-1-4-9(11)8-20-14-10(5-3-7-18-14)12(19-20)13(16)17/h1-7,13H,8,16-17H2. The van der Waals surface area contributed by atoms with Gasteiger partial charge in [-0.25, -0.2) is 14.1 Å². The van der Waals surface area contributed by atoms with Crippen LogP contribution in [-0.2, 0) is 6.54 Å². The normalized spacial score (nSPS) is 11.4. The first-order valence-electron chi connectivity index (χ1n) is 6.23. The highest BCUT2D eigenvalue weighted by Crippen LogP contribution is 2.20. The molecule has 0 saturated heterocycles. The zero-order valence-corrected chi connectivity index (χ0v) is 10.7. The number of aromatic nitrogens is 3. The summed E-state index contributed by atoms with van der Waals surface area (Å²) >= 11 is 0. The first kappa shape index (κ1) is 12.7. The number of benzene rings is 1. The Balaban J connectivity index is 2.10. The third-order valence-electron chi connectivity index (χ3n) is 3.13. The van der Waals surface area contributed by atoms with Gasteiger partial charge in [0, 0.05) is 17.1 Å². The van der Waals surface area contributed by atoms with Crippen molar-refractivity contribution < 1.29 is 4.39 Å². The molecule has 0 aliphatic heterocycles. The lowest BCUT2D eigenvalue weighted by molar-refractivity contribution is 0.583. The SMILES string of the molecule is NC(N)c1nn(Cc2ccccc2F)c2ncccc12. The van der Waals surface area contributed by atoms with E-state index in [-0.39, 0.29) is 12.4 Å². The molecule has 0 spiro atoms. The highest BCUT2D eigenvalue weighted by Gasteiger charge is 2.15. The summed E-state index contributed by atoms with van der Waals surface area (Å²) < 4.78 is 15.4. The number of hydrogen-bond donors (Lipinski definition) is 2. The summed E-state index contributed by atoms with van der Waals surface area (Å²) in [6.45, 7) is 0.285. The molecule has 20 heavy (non-hydrogen) atoms. The maximum absolute atomic E-state index is 13.7. The quantitative estimate of drug-likeness (QED) is 0.708. The van der Waals surface area contributed by atoms with Crippen molar-refractivity contribution >= 4 is 11.0 Å². The molecule has 3 aromatic rings. The lowest BCUT2D eigenvalue weighted by atomic mass is 10.2. The van der Waals surface area contributed by atoms with Crippen LogP contribution in [0.2, 0.25) is 0 Å². The highest BCUT2D eigenvalue weighted by molar-refractivity contribution is 5.78. The first-order valence-corrected chi connectivity index (χ1v) is 6.23. The van der Waals surface area contributed by atoms with Crippen LogP contribution >= 0.6 is 0 Å². The van der Waals surface area contributed by atoms with Crippen molar-refractivity contribution in [1.29, 1.82) is 0 Å². The number of pyridine rings is 1. The largest absolute Gasteiger partial charge is 0.311 e. The molecule has 0 bridgehead atoms. The Morgan fingerprint density at radius 3 is 2.70 bits per heavy atom. The fourth-order valence-corrected chi connectivity index (χ4v) is 2.18. The second-order valence-corrected chi connectivity index (χ2v) is 4.53. The average Bonchev–Trinajstić information content (AvgIpc) is 2.81. The predicted octanol–water partition coefficient (Wildman–Crippen LogP) is 1.53. The lowest BCUT2D eigenvalue weighted by Gasteiger charge is -2.04. The van der Waals surface area contributed by atoms with Gasteiger partial charge in [0.1, 0.15) is 11.5 Å². The molecule has 6 heteroatoms. The number of nitrogens with zero attached hydrogens (tertiary/aromatic N) is 3. The van der Waals surface area contributed by atoms with Gasteiger partial charge in [0.05, 0.1) is 12.7 Å². The van der Waals surface area contributed by atoms with Crippen molar-refractivity contribution in [3.63, 3.8) is 0 Å². The summed E-state index contributed by atoms with van der Waals surface area (Å²) in [5.74, 6) is -0.273. The Kier molecular flexibility index (Phi) is 3.17. The molecule has 5 nitrogen and oxygen atoms in total. The van der Waals surface area contributed by atoms with Gasteiger partial charge in [0.15, 0.2) is 5.65 Å². The summed E-state index contributed by atoms with van der Waals surface area (Å²) in [6.07, 6.45) is 0.969. The third-order valence-corrected chi connectivity index (χ3v) is 3.13. The van der Waals surface area contributed by atoms with E-state index in [1.165, 1.54) is 6.07 Å². The molecule has 2 aromatic heterocycles. The summed E-state index contributed by atoms with van der Waals surface area (Å²) in [7, 11) is 0. The fraction of sp³-hybridized carbons (Fsp3) is 0.143. The first-order chi connectivity index (χ1) is 9.66. The van der Waals surface area contributed by atoms with Gasteiger partial charge >= 0.3 is 0 Å². The van der Waals surface area contributed by atoms with E-state index < -0.39 is 6.17 Å². The molecule has 0 saturated carbocycles. The second kappa shape index (κ2) is 4.99. The van der Waals surface area contributed by atoms with E-state index in [9.17, 15) is 4.39 Å². The van der Waals surface area contributed by atoms with Crippen LogP contribution in [-0.4, -0.2) is 14.8 Å². The Labute approximate surface area is 115 Å². The molecule has 4 N–H and O–H groups in total. The molecule has 0 fully saturated rings. The van der Waals surface area contributed by atoms with Crippen molar-refractivity contribution in [2.75, 3.05) is 0 Å². The number of rotatable bonds is 3. The van der Waals surface area contributed by atoms with Gasteiger partial charge in [0.25, 0.3) is 0 Å². The summed E-state index contributed by atoms with van der Waals surface area (Å²) in [4.78, 5) is 4.28. The van der Waals surface area contributed by atoms with Crippen LogP contribution in [0.5, 0.6) is 0 Å². The molecular weight excluding hydrogens is 257 g/mol. The van der Waals surface area contributed by atoms with Crippen LogP contribution < -0.4 is 11.5 Å². The van der Waals surface area contributed by atoms with Crippen molar-refractivity contribution in [3.05, 3.63) is 59.7 Å². The number of hydrogen-bond acceptors (Lipinski definition) is 4. The minimum absolute atomic E-state index is 0.273. The minimum atomic E-state index is -0.691. The van der Waals surface area contributed by atoms with Crippen molar-refractivity contribution in [2.45, 2.75) is 12.7 Å². The third kappa shape index (κ3) is 2.15. The fourth-order valence-electron chi connectivity index (χ4n) is 2.18. The maximum atomic E-state index is 13.7. The van der Waals surface area contributed by atoms with Crippen LogP contribution in [0.25, 0.3) is 11.0 Å². The second-order valence-electron chi connectivity index (χ2n) is 4.53. The topological polar surface area (TPSA) is 82.8 Å². The highest BCUT2D eigenvalue weighted by atomic mass is 19.1. The zero-order chi connectivity index (χ0) is 14.1. The Hall–Kier alpha value is -2.31. The molecule has 0 unspecified atom stereocenters. The van der Waals surface area contributed by atoms with E-state index in [1.807, 2.05) is 6.07 Å². The van der Waals surface area contributed by atoms with Gasteiger partial charge in [0.2, 0.25) is 0 Å². The molecule has 2 heterocycles. The molecule has 0 radical (unpaired) electrons. The van der Waals surface area contributed by atoms with E-state index in [4.69, 9.17) is 11.5 Å². The Morgan fingerprint density at radius 1 is 1.15 bits per heavy atom. The average molecular weight is 271 g/mol. The van der Waals surface area contributed by atoms with Crippen molar-refractivity contribution in [2.24, 2.45) is 11.5 Å². The summed E-state index contributed by atoms with van der Waals surface area (Å²) in [5, 5.41) is 5.15. The van der Waals surface area contributed by atoms with Crippen molar-refractivity contribution in [3.8, 4) is 0 Å².